The van der Waals surface area contributed by atoms with Crippen LogP contribution < -0.4 is 5.32 Å². The molecule has 0 saturated heterocycles. The van der Waals surface area contributed by atoms with Gasteiger partial charge >= 0.3 is 0 Å². The number of carbonyl (C=O) groups excluding carboxylic acids is 1. The molecule has 4 atom stereocenters. The lowest BCUT2D eigenvalue weighted by Crippen LogP contribution is -2.53. The highest BCUT2D eigenvalue weighted by Crippen LogP contribution is 2.14. The molecule has 0 aliphatic heterocycles. The molecule has 0 aromatic carbocycles. The summed E-state index contributed by atoms with van der Waals surface area (Å²) in [5.74, 6) is -0.606. The maximum Gasteiger partial charge on any atom is 0.249 e. The Morgan fingerprint density at radius 1 is 0.463 bits per heavy atom. The summed E-state index contributed by atoms with van der Waals surface area (Å²) in [5, 5.41) is 43.7. The predicted octanol–water partition coefficient (Wildman–Crippen LogP) is 12.1. The van der Waals surface area contributed by atoms with E-state index in [-0.39, 0.29) is 0 Å². The summed E-state index contributed by atoms with van der Waals surface area (Å²) in [7, 11) is 0. The lowest BCUT2D eigenvalue weighted by molar-refractivity contribution is -0.132. The number of hydrogen-bond acceptors (Lipinski definition) is 5. The van der Waals surface area contributed by atoms with Crippen molar-refractivity contribution in [1.82, 2.24) is 5.32 Å². The molecule has 0 rings (SSSR count). The minimum atomic E-state index is -1.30. The number of rotatable bonds is 40. The third kappa shape index (κ3) is 35.7. The summed E-state index contributed by atoms with van der Waals surface area (Å²) in [6, 6.07) is -1.02. The van der Waals surface area contributed by atoms with Gasteiger partial charge in [0, 0.05) is 0 Å². The van der Waals surface area contributed by atoms with E-state index in [1.807, 2.05) is 0 Å². The first-order valence-corrected chi connectivity index (χ1v) is 22.7. The fourth-order valence-electron chi connectivity index (χ4n) is 6.54. The Morgan fingerprint density at radius 3 is 1.31 bits per heavy atom. The molecular weight excluding hydrogens is 671 g/mol. The van der Waals surface area contributed by atoms with Gasteiger partial charge < -0.3 is 25.7 Å². The van der Waals surface area contributed by atoms with E-state index < -0.39 is 36.9 Å². The van der Waals surface area contributed by atoms with Gasteiger partial charge in [0.1, 0.15) is 12.2 Å². The standard InChI is InChI=1S/C48H87NO5/c1-3-5-7-9-11-13-15-17-19-21-23-24-26-27-29-31-33-35-37-39-41-45(51)47(53)44(43-50)49-48(54)46(52)42-40-38-36-34-32-30-28-25-22-20-18-16-14-12-10-8-6-4-2/h12,14,16,18-19,21,26-27,33,35,44-47,50-53H,3-11,13,15,17,20,22-25,28-32,34,36-43H2,1-2H3,(H,49,54)/b14-12-,18-16-,21-19+,27-26+,35-33+. The van der Waals surface area contributed by atoms with E-state index >= 15 is 0 Å². The topological polar surface area (TPSA) is 110 Å². The van der Waals surface area contributed by atoms with Gasteiger partial charge in [0.25, 0.3) is 0 Å². The summed E-state index contributed by atoms with van der Waals surface area (Å²) in [4.78, 5) is 12.5. The Balaban J connectivity index is 3.84. The molecule has 0 spiro atoms. The Hall–Kier alpha value is -1.99. The molecule has 0 fully saturated rings. The number of allylic oxidation sites excluding steroid dienone is 10. The van der Waals surface area contributed by atoms with Crippen molar-refractivity contribution < 1.29 is 25.2 Å². The van der Waals surface area contributed by atoms with Crippen molar-refractivity contribution in [2.45, 2.75) is 231 Å². The first-order valence-electron chi connectivity index (χ1n) is 22.7. The van der Waals surface area contributed by atoms with Crippen LogP contribution in [0.5, 0.6) is 0 Å². The summed E-state index contributed by atoms with van der Waals surface area (Å²) < 4.78 is 0. The highest BCUT2D eigenvalue weighted by molar-refractivity contribution is 5.80. The average Bonchev–Trinajstić information content (AvgIpc) is 3.18. The van der Waals surface area contributed by atoms with Crippen LogP contribution >= 0.6 is 0 Å². The molecule has 0 radical (unpaired) electrons. The number of amides is 1. The molecule has 0 aliphatic rings. The van der Waals surface area contributed by atoms with Crippen LogP contribution in [0.1, 0.15) is 206 Å². The van der Waals surface area contributed by atoms with Crippen molar-refractivity contribution >= 4 is 5.91 Å². The van der Waals surface area contributed by atoms with Crippen molar-refractivity contribution in [3.8, 4) is 0 Å². The summed E-state index contributed by atoms with van der Waals surface area (Å²) in [6.45, 7) is 3.99. The normalized spacial score (nSPS) is 14.7. The van der Waals surface area contributed by atoms with Crippen LogP contribution in [0.3, 0.4) is 0 Å². The van der Waals surface area contributed by atoms with E-state index in [2.05, 4.69) is 79.9 Å². The molecule has 4 unspecified atom stereocenters. The van der Waals surface area contributed by atoms with E-state index in [0.29, 0.717) is 19.3 Å². The van der Waals surface area contributed by atoms with Gasteiger partial charge in [0.15, 0.2) is 0 Å². The number of carbonyl (C=O) groups is 1. The molecule has 6 nitrogen and oxygen atoms in total. The van der Waals surface area contributed by atoms with Crippen LogP contribution in [-0.4, -0.2) is 57.3 Å². The Kier molecular flexibility index (Phi) is 40.6. The van der Waals surface area contributed by atoms with Gasteiger partial charge in [-0.3, -0.25) is 4.79 Å². The Morgan fingerprint density at radius 2 is 0.833 bits per heavy atom. The van der Waals surface area contributed by atoms with Gasteiger partial charge in [0.05, 0.1) is 18.8 Å². The molecule has 0 aromatic heterocycles. The number of aliphatic hydroxyl groups is 4. The molecule has 0 saturated carbocycles. The maximum atomic E-state index is 12.5. The molecule has 1 amide bonds. The first-order chi connectivity index (χ1) is 26.5. The largest absolute Gasteiger partial charge is 0.394 e. The predicted molar refractivity (Wildman–Crippen MR) is 233 cm³/mol. The second-order valence-corrected chi connectivity index (χ2v) is 15.4. The molecule has 0 heterocycles. The lowest BCUT2D eigenvalue weighted by atomic mass is 10.00. The van der Waals surface area contributed by atoms with Crippen LogP contribution in [0, 0.1) is 0 Å². The minimum Gasteiger partial charge on any atom is -0.394 e. The van der Waals surface area contributed by atoms with Crippen LogP contribution in [0.2, 0.25) is 0 Å². The highest BCUT2D eigenvalue weighted by atomic mass is 16.3. The fourth-order valence-corrected chi connectivity index (χ4v) is 6.54. The van der Waals surface area contributed by atoms with Gasteiger partial charge in [-0.25, -0.2) is 0 Å². The quantitative estimate of drug-likeness (QED) is 0.0243. The van der Waals surface area contributed by atoms with E-state index in [1.54, 1.807) is 0 Å². The van der Waals surface area contributed by atoms with Crippen LogP contribution in [0.4, 0.5) is 0 Å². The van der Waals surface area contributed by atoms with E-state index in [1.165, 1.54) is 116 Å². The second-order valence-electron chi connectivity index (χ2n) is 15.4. The van der Waals surface area contributed by atoms with E-state index in [4.69, 9.17) is 0 Å². The first kappa shape index (κ1) is 52.0. The van der Waals surface area contributed by atoms with Crippen molar-refractivity contribution in [2.75, 3.05) is 6.61 Å². The van der Waals surface area contributed by atoms with E-state index in [9.17, 15) is 25.2 Å². The molecule has 0 aromatic rings. The van der Waals surface area contributed by atoms with Crippen LogP contribution in [0.25, 0.3) is 0 Å². The van der Waals surface area contributed by atoms with Crippen molar-refractivity contribution in [3.05, 3.63) is 60.8 Å². The van der Waals surface area contributed by atoms with Crippen molar-refractivity contribution in [2.24, 2.45) is 0 Å². The third-order valence-electron chi connectivity index (χ3n) is 10.2. The van der Waals surface area contributed by atoms with E-state index in [0.717, 1.165) is 57.8 Å². The van der Waals surface area contributed by atoms with Gasteiger partial charge in [-0.15, -0.1) is 0 Å². The number of hydrogen-bond donors (Lipinski definition) is 5. The highest BCUT2D eigenvalue weighted by Gasteiger charge is 2.28. The van der Waals surface area contributed by atoms with Crippen molar-refractivity contribution in [1.29, 1.82) is 0 Å². The molecular formula is C48H87NO5. The Bertz CT molecular complexity index is 941. The smallest absolute Gasteiger partial charge is 0.249 e. The second kappa shape index (κ2) is 42.2. The van der Waals surface area contributed by atoms with Gasteiger partial charge in [-0.05, 0) is 89.9 Å². The number of unbranched alkanes of at least 4 members (excludes halogenated alkanes) is 22. The Labute approximate surface area is 333 Å². The van der Waals surface area contributed by atoms with Crippen LogP contribution in [0.15, 0.2) is 60.8 Å². The number of aliphatic hydroxyl groups excluding tert-OH is 4. The number of nitrogens with one attached hydrogen (secondary N) is 1. The van der Waals surface area contributed by atoms with Crippen LogP contribution in [-0.2, 0) is 4.79 Å². The zero-order chi connectivity index (χ0) is 39.6. The molecule has 5 N–H and O–H groups in total. The average molecular weight is 758 g/mol. The zero-order valence-electron chi connectivity index (χ0n) is 35.2. The summed E-state index contributed by atoms with van der Waals surface area (Å²) >= 11 is 0. The fraction of sp³-hybridized carbons (Fsp3) is 0.771. The molecule has 54 heavy (non-hydrogen) atoms. The molecule has 0 aliphatic carbocycles. The van der Waals surface area contributed by atoms with Crippen molar-refractivity contribution in [3.63, 3.8) is 0 Å². The third-order valence-corrected chi connectivity index (χ3v) is 10.2. The summed E-state index contributed by atoms with van der Waals surface area (Å²) in [6.07, 6.45) is 52.4. The molecule has 0 bridgehead atoms. The summed E-state index contributed by atoms with van der Waals surface area (Å²) in [5.41, 5.74) is 0. The van der Waals surface area contributed by atoms with Gasteiger partial charge in [-0.2, -0.15) is 0 Å². The van der Waals surface area contributed by atoms with Gasteiger partial charge in [0.2, 0.25) is 5.91 Å². The monoisotopic (exact) mass is 758 g/mol. The minimum absolute atomic E-state index is 0.350. The zero-order valence-corrected chi connectivity index (χ0v) is 35.2. The lowest BCUT2D eigenvalue weighted by Gasteiger charge is -2.27. The van der Waals surface area contributed by atoms with Gasteiger partial charge in [-0.1, -0.05) is 177 Å². The SMILES string of the molecule is CCCCC/C=C\C=C/CCCCCCCCCCCC(O)C(=O)NC(CO)C(O)C(O)CCC/C=C/CC/C=C/CC/C=C/CCCCCCCCC. The molecule has 314 valence electrons. The molecule has 6 heteroatoms. The maximum absolute atomic E-state index is 12.5.